The molecule has 4 aliphatic carbocycles. The van der Waals surface area contributed by atoms with Crippen LogP contribution in [0.15, 0.2) is 0 Å². The summed E-state index contributed by atoms with van der Waals surface area (Å²) in [6, 6.07) is 0. The molecule has 0 aromatic heterocycles. The van der Waals surface area contributed by atoms with Gasteiger partial charge < -0.3 is 24.7 Å². The van der Waals surface area contributed by atoms with Crippen molar-refractivity contribution in [3.8, 4) is 0 Å². The summed E-state index contributed by atoms with van der Waals surface area (Å²) in [5, 5.41) is 0. The summed E-state index contributed by atoms with van der Waals surface area (Å²) in [7, 11) is 0. The van der Waals surface area contributed by atoms with Crippen LogP contribution in [0.1, 0.15) is 65.2 Å². The summed E-state index contributed by atoms with van der Waals surface area (Å²) in [5.74, 6) is 2.85. The standard InChI is InChI=1S/C24H39NO4/c1-21-7-8-23(26-9-10-27-23)14-20(21)16(15-25)13-17-18(21)3-5-22(2)19(17)4-6-24(22)28-11-12-29-24/h16-20H,3-15,25H2,1-2H3/t16-,17-,18+,19+,20?,21-,22+/m1/s1. The lowest BCUT2D eigenvalue weighted by Gasteiger charge is -2.64. The van der Waals surface area contributed by atoms with E-state index in [1.807, 2.05) is 0 Å². The van der Waals surface area contributed by atoms with Gasteiger partial charge in [-0.25, -0.2) is 0 Å². The molecule has 0 amide bonds. The van der Waals surface area contributed by atoms with Gasteiger partial charge >= 0.3 is 0 Å². The minimum atomic E-state index is -0.309. The van der Waals surface area contributed by atoms with Crippen LogP contribution in [0.4, 0.5) is 0 Å². The van der Waals surface area contributed by atoms with E-state index in [4.69, 9.17) is 24.7 Å². The minimum absolute atomic E-state index is 0.167. The normalized spacial score (nSPS) is 52.4. The van der Waals surface area contributed by atoms with E-state index in [1.54, 1.807) is 0 Å². The van der Waals surface area contributed by atoms with Gasteiger partial charge in [-0.3, -0.25) is 0 Å². The monoisotopic (exact) mass is 405 g/mol. The Hall–Kier alpha value is -0.200. The van der Waals surface area contributed by atoms with E-state index in [1.165, 1.54) is 32.1 Å². The van der Waals surface area contributed by atoms with E-state index in [2.05, 4.69) is 13.8 Å². The third-order valence-electron chi connectivity index (χ3n) is 10.8. The number of rotatable bonds is 1. The molecule has 0 aromatic rings. The zero-order valence-corrected chi connectivity index (χ0v) is 18.3. The first-order valence-corrected chi connectivity index (χ1v) is 12.2. The van der Waals surface area contributed by atoms with E-state index in [-0.39, 0.29) is 17.0 Å². The summed E-state index contributed by atoms with van der Waals surface area (Å²) in [6.07, 6.45) is 9.48. The van der Waals surface area contributed by atoms with Crippen LogP contribution in [0.25, 0.3) is 0 Å². The second-order valence-electron chi connectivity index (χ2n) is 11.5. The van der Waals surface area contributed by atoms with Gasteiger partial charge in [0.05, 0.1) is 26.4 Å². The van der Waals surface area contributed by atoms with Crippen molar-refractivity contribution in [1.29, 1.82) is 0 Å². The lowest BCUT2D eigenvalue weighted by molar-refractivity contribution is -0.263. The van der Waals surface area contributed by atoms with Crippen molar-refractivity contribution >= 4 is 0 Å². The van der Waals surface area contributed by atoms with E-state index in [9.17, 15) is 0 Å². The first-order chi connectivity index (χ1) is 14.0. The molecule has 6 fully saturated rings. The molecule has 2 saturated heterocycles. The highest BCUT2D eigenvalue weighted by atomic mass is 16.7. The molecule has 2 aliphatic heterocycles. The fourth-order valence-corrected chi connectivity index (χ4v) is 9.33. The van der Waals surface area contributed by atoms with Crippen LogP contribution < -0.4 is 5.73 Å². The fourth-order valence-electron chi connectivity index (χ4n) is 9.33. The van der Waals surface area contributed by atoms with Crippen LogP contribution in [0.2, 0.25) is 0 Å². The van der Waals surface area contributed by atoms with Crippen molar-refractivity contribution in [2.75, 3.05) is 33.0 Å². The number of ether oxygens (including phenoxy) is 4. The van der Waals surface area contributed by atoms with E-state index >= 15 is 0 Å². The maximum absolute atomic E-state index is 6.43. The van der Waals surface area contributed by atoms with E-state index < -0.39 is 0 Å². The number of nitrogens with two attached hydrogens (primary N) is 1. The van der Waals surface area contributed by atoms with Gasteiger partial charge in [0.15, 0.2) is 11.6 Å². The van der Waals surface area contributed by atoms with Crippen LogP contribution in [-0.4, -0.2) is 44.5 Å². The molecule has 164 valence electrons. The topological polar surface area (TPSA) is 62.9 Å². The van der Waals surface area contributed by atoms with Crippen molar-refractivity contribution in [1.82, 2.24) is 0 Å². The van der Waals surface area contributed by atoms with Crippen molar-refractivity contribution in [2.24, 2.45) is 46.2 Å². The molecule has 5 heteroatoms. The Kier molecular flexibility index (Phi) is 4.31. The molecule has 4 saturated carbocycles. The lowest BCUT2D eigenvalue weighted by Crippen LogP contribution is -2.61. The molecule has 2 heterocycles. The van der Waals surface area contributed by atoms with Crippen molar-refractivity contribution in [2.45, 2.75) is 76.8 Å². The predicted octanol–water partition coefficient (Wildman–Crippen LogP) is 3.70. The molecule has 2 N–H and O–H groups in total. The van der Waals surface area contributed by atoms with Crippen molar-refractivity contribution < 1.29 is 18.9 Å². The molecule has 0 aromatic carbocycles. The van der Waals surface area contributed by atoms with Gasteiger partial charge in [-0.1, -0.05) is 13.8 Å². The molecule has 1 unspecified atom stereocenters. The lowest BCUT2D eigenvalue weighted by atomic mass is 9.42. The highest BCUT2D eigenvalue weighted by Crippen LogP contribution is 2.71. The van der Waals surface area contributed by atoms with Crippen LogP contribution in [0.3, 0.4) is 0 Å². The van der Waals surface area contributed by atoms with Crippen LogP contribution in [0, 0.1) is 40.4 Å². The largest absolute Gasteiger partial charge is 0.348 e. The molecule has 6 aliphatic rings. The number of fused-ring (bicyclic) bond motifs is 6. The molecule has 2 spiro atoms. The first kappa shape index (κ1) is 19.5. The van der Waals surface area contributed by atoms with Crippen LogP contribution in [0.5, 0.6) is 0 Å². The summed E-state index contributed by atoms with van der Waals surface area (Å²) >= 11 is 0. The first-order valence-electron chi connectivity index (χ1n) is 12.2. The van der Waals surface area contributed by atoms with Crippen molar-refractivity contribution in [3.63, 3.8) is 0 Å². The zero-order valence-electron chi connectivity index (χ0n) is 18.3. The average Bonchev–Trinajstić information content (AvgIpc) is 3.44. The highest BCUT2D eigenvalue weighted by Gasteiger charge is 2.68. The smallest absolute Gasteiger partial charge is 0.174 e. The quantitative estimate of drug-likeness (QED) is 0.721. The van der Waals surface area contributed by atoms with Crippen LogP contribution >= 0.6 is 0 Å². The van der Waals surface area contributed by atoms with Crippen molar-refractivity contribution in [3.05, 3.63) is 0 Å². The molecule has 0 radical (unpaired) electrons. The van der Waals surface area contributed by atoms with E-state index in [0.29, 0.717) is 23.2 Å². The summed E-state index contributed by atoms with van der Waals surface area (Å²) in [5.41, 5.74) is 6.96. The number of hydrogen-bond donors (Lipinski definition) is 1. The molecule has 7 atom stereocenters. The SMILES string of the molecule is C[C@]12CCC3(CC1[C@@H](CN)C[C@@H]1[C@@H]2CC[C@@]2(C)[C@H]1CCC21OCCO1)OCCO3. The molecule has 5 nitrogen and oxygen atoms in total. The fraction of sp³-hybridized carbons (Fsp3) is 1.00. The molecular formula is C24H39NO4. The van der Waals surface area contributed by atoms with Gasteiger partial charge in [0.1, 0.15) is 0 Å². The number of hydrogen-bond acceptors (Lipinski definition) is 5. The van der Waals surface area contributed by atoms with Gasteiger partial charge in [0, 0.05) is 24.7 Å². The van der Waals surface area contributed by atoms with E-state index in [0.717, 1.165) is 64.1 Å². The molecule has 6 rings (SSSR count). The second kappa shape index (κ2) is 6.41. The molecular weight excluding hydrogens is 366 g/mol. The predicted molar refractivity (Wildman–Crippen MR) is 109 cm³/mol. The van der Waals surface area contributed by atoms with Gasteiger partial charge in [0.2, 0.25) is 0 Å². The van der Waals surface area contributed by atoms with Gasteiger partial charge in [0.25, 0.3) is 0 Å². The van der Waals surface area contributed by atoms with Gasteiger partial charge in [-0.15, -0.1) is 0 Å². The third-order valence-corrected chi connectivity index (χ3v) is 10.8. The third kappa shape index (κ3) is 2.46. The maximum Gasteiger partial charge on any atom is 0.174 e. The zero-order chi connectivity index (χ0) is 19.9. The Balaban J connectivity index is 1.32. The Morgan fingerprint density at radius 1 is 0.793 bits per heavy atom. The van der Waals surface area contributed by atoms with Gasteiger partial charge in [-0.05, 0) is 73.7 Å². The summed E-state index contributed by atoms with van der Waals surface area (Å²) in [6.45, 7) is 8.91. The Labute approximate surface area is 175 Å². The molecule has 29 heavy (non-hydrogen) atoms. The summed E-state index contributed by atoms with van der Waals surface area (Å²) < 4.78 is 25.0. The Morgan fingerprint density at radius 3 is 2.21 bits per heavy atom. The Bertz CT molecular complexity index is 657. The Morgan fingerprint density at radius 2 is 1.48 bits per heavy atom. The van der Waals surface area contributed by atoms with Crippen LogP contribution in [-0.2, 0) is 18.9 Å². The summed E-state index contributed by atoms with van der Waals surface area (Å²) in [4.78, 5) is 0. The second-order valence-corrected chi connectivity index (χ2v) is 11.5. The molecule has 0 bridgehead atoms. The van der Waals surface area contributed by atoms with Gasteiger partial charge in [-0.2, -0.15) is 0 Å². The minimum Gasteiger partial charge on any atom is -0.348 e. The maximum atomic E-state index is 6.43. The average molecular weight is 406 g/mol. The highest BCUT2D eigenvalue weighted by molar-refractivity contribution is 5.14.